The number of nitrogen functional groups attached to an aromatic ring is 1. The summed E-state index contributed by atoms with van der Waals surface area (Å²) in [6.07, 6.45) is 7.16. The Hall–Kier alpha value is -1.22. The number of anilines is 2. The van der Waals surface area contributed by atoms with E-state index in [4.69, 9.17) is 5.73 Å². The van der Waals surface area contributed by atoms with Crippen molar-refractivity contribution in [2.45, 2.75) is 45.4 Å². The van der Waals surface area contributed by atoms with Gasteiger partial charge in [-0.15, -0.1) is 12.4 Å². The van der Waals surface area contributed by atoms with E-state index in [0.717, 1.165) is 5.69 Å². The van der Waals surface area contributed by atoms with Crippen LogP contribution in [0.15, 0.2) is 24.3 Å². The molecule has 1 aliphatic rings. The van der Waals surface area contributed by atoms with Gasteiger partial charge in [0.1, 0.15) is 0 Å². The molecule has 2 rings (SSSR count). The van der Waals surface area contributed by atoms with Crippen molar-refractivity contribution in [3.8, 4) is 0 Å². The molecule has 112 valence electrons. The van der Waals surface area contributed by atoms with Crippen LogP contribution in [0.3, 0.4) is 0 Å². The van der Waals surface area contributed by atoms with Crippen LogP contribution in [0.2, 0.25) is 0 Å². The summed E-state index contributed by atoms with van der Waals surface area (Å²) in [6.45, 7) is 2.20. The maximum absolute atomic E-state index is 12.1. The lowest BCUT2D eigenvalue weighted by molar-refractivity contribution is -0.117. The Morgan fingerprint density at radius 2 is 1.95 bits per heavy atom. The highest BCUT2D eigenvalue weighted by atomic mass is 35.5. The van der Waals surface area contributed by atoms with Crippen LogP contribution in [0.1, 0.15) is 45.4 Å². The highest BCUT2D eigenvalue weighted by Gasteiger charge is 2.22. The number of hydrogen-bond acceptors (Lipinski definition) is 2. The number of hydrogen-bond donors (Lipinski definition) is 2. The largest absolute Gasteiger partial charge is 0.397 e. The number of nitrogens with one attached hydrogen (secondary N) is 1. The topological polar surface area (TPSA) is 55.1 Å². The average Bonchev–Trinajstić information content (AvgIpc) is 2.42. The van der Waals surface area contributed by atoms with Gasteiger partial charge in [0.25, 0.3) is 0 Å². The molecule has 1 saturated carbocycles. The van der Waals surface area contributed by atoms with Gasteiger partial charge in [-0.05, 0) is 24.0 Å². The predicted octanol–water partition coefficient (Wildman–Crippen LogP) is 4.24. The molecule has 1 atom stereocenters. The first-order chi connectivity index (χ1) is 9.16. The summed E-state index contributed by atoms with van der Waals surface area (Å²) in [7, 11) is 0. The molecule has 1 aromatic rings. The summed E-state index contributed by atoms with van der Waals surface area (Å²) in [5, 5.41) is 2.92. The molecule has 0 bridgehead atoms. The van der Waals surface area contributed by atoms with Gasteiger partial charge in [0.05, 0.1) is 11.4 Å². The Kier molecular flexibility index (Phi) is 6.86. The van der Waals surface area contributed by atoms with Crippen molar-refractivity contribution in [2.24, 2.45) is 11.8 Å². The molecule has 1 fully saturated rings. The van der Waals surface area contributed by atoms with Gasteiger partial charge in [-0.1, -0.05) is 51.2 Å². The predicted molar refractivity (Wildman–Crippen MR) is 87.1 cm³/mol. The molecule has 4 heteroatoms. The number of rotatable bonds is 4. The normalized spacial score (nSPS) is 17.1. The van der Waals surface area contributed by atoms with Crippen LogP contribution >= 0.6 is 12.4 Å². The van der Waals surface area contributed by atoms with Crippen molar-refractivity contribution in [1.82, 2.24) is 0 Å². The molecule has 0 aromatic heterocycles. The molecule has 3 nitrogen and oxygen atoms in total. The molecular formula is C16H25ClN2O. The first-order valence-corrected chi connectivity index (χ1v) is 7.31. The van der Waals surface area contributed by atoms with Gasteiger partial charge >= 0.3 is 0 Å². The maximum atomic E-state index is 12.1. The van der Waals surface area contributed by atoms with Gasteiger partial charge in [0, 0.05) is 6.42 Å². The van der Waals surface area contributed by atoms with Crippen molar-refractivity contribution < 1.29 is 4.79 Å². The summed E-state index contributed by atoms with van der Waals surface area (Å²) < 4.78 is 0. The van der Waals surface area contributed by atoms with Gasteiger partial charge in [0.15, 0.2) is 0 Å². The smallest absolute Gasteiger partial charge is 0.224 e. The molecule has 1 aliphatic carbocycles. The van der Waals surface area contributed by atoms with Crippen molar-refractivity contribution in [2.75, 3.05) is 11.1 Å². The summed E-state index contributed by atoms with van der Waals surface area (Å²) in [6, 6.07) is 7.41. The van der Waals surface area contributed by atoms with Crippen LogP contribution < -0.4 is 11.1 Å². The first-order valence-electron chi connectivity index (χ1n) is 7.31. The standard InChI is InChI=1S/C16H24N2O.ClH/c1-12(13-7-3-2-4-8-13)11-16(19)18-15-10-6-5-9-14(15)17;/h5-6,9-10,12-13H,2-4,7-8,11,17H2,1H3,(H,18,19);1H. The summed E-state index contributed by atoms with van der Waals surface area (Å²) in [4.78, 5) is 12.1. The lowest BCUT2D eigenvalue weighted by atomic mass is 9.79. The fourth-order valence-electron chi connectivity index (χ4n) is 2.97. The molecule has 1 amide bonds. The average molecular weight is 297 g/mol. The van der Waals surface area contributed by atoms with E-state index in [1.54, 1.807) is 6.07 Å². The van der Waals surface area contributed by atoms with Crippen molar-refractivity contribution in [3.63, 3.8) is 0 Å². The van der Waals surface area contributed by atoms with E-state index in [1.807, 2.05) is 18.2 Å². The van der Waals surface area contributed by atoms with Gasteiger partial charge in [-0.2, -0.15) is 0 Å². The molecule has 1 aromatic carbocycles. The minimum Gasteiger partial charge on any atom is -0.397 e. The van der Waals surface area contributed by atoms with Gasteiger partial charge < -0.3 is 11.1 Å². The Morgan fingerprint density at radius 3 is 2.60 bits per heavy atom. The minimum atomic E-state index is 0. The van der Waals surface area contributed by atoms with Gasteiger partial charge in [-0.25, -0.2) is 0 Å². The van der Waals surface area contributed by atoms with E-state index < -0.39 is 0 Å². The van der Waals surface area contributed by atoms with Gasteiger partial charge in [0.2, 0.25) is 5.91 Å². The molecule has 1 unspecified atom stereocenters. The van der Waals surface area contributed by atoms with Crippen molar-refractivity contribution in [3.05, 3.63) is 24.3 Å². The molecule has 0 aliphatic heterocycles. The second kappa shape index (κ2) is 8.15. The number of carbonyl (C=O) groups excluding carboxylic acids is 1. The van der Waals surface area contributed by atoms with E-state index in [1.165, 1.54) is 32.1 Å². The van der Waals surface area contributed by atoms with Crippen LogP contribution in [-0.4, -0.2) is 5.91 Å². The lowest BCUT2D eigenvalue weighted by Crippen LogP contribution is -2.22. The van der Waals surface area contributed by atoms with Crippen LogP contribution in [0, 0.1) is 11.8 Å². The number of halogens is 1. The van der Waals surface area contributed by atoms with Crippen LogP contribution in [0.5, 0.6) is 0 Å². The van der Waals surface area contributed by atoms with Crippen LogP contribution in [0.25, 0.3) is 0 Å². The van der Waals surface area contributed by atoms with Crippen LogP contribution in [-0.2, 0) is 4.79 Å². The van der Waals surface area contributed by atoms with Crippen molar-refractivity contribution in [1.29, 1.82) is 0 Å². The zero-order chi connectivity index (χ0) is 13.7. The van der Waals surface area contributed by atoms with Gasteiger partial charge in [-0.3, -0.25) is 4.79 Å². The lowest BCUT2D eigenvalue weighted by Gasteiger charge is -2.27. The third-order valence-corrected chi connectivity index (χ3v) is 4.20. The zero-order valence-electron chi connectivity index (χ0n) is 12.1. The SMILES string of the molecule is CC(CC(=O)Nc1ccccc1N)C1CCCCC1.Cl. The van der Waals surface area contributed by atoms with E-state index in [9.17, 15) is 4.79 Å². The molecule has 20 heavy (non-hydrogen) atoms. The van der Waals surface area contributed by atoms with Crippen molar-refractivity contribution >= 4 is 29.7 Å². The number of carbonyl (C=O) groups is 1. The Morgan fingerprint density at radius 1 is 1.30 bits per heavy atom. The number of para-hydroxylation sites is 2. The second-order valence-electron chi connectivity index (χ2n) is 5.71. The second-order valence-corrected chi connectivity index (χ2v) is 5.71. The van der Waals surface area contributed by atoms with E-state index in [0.29, 0.717) is 23.9 Å². The quantitative estimate of drug-likeness (QED) is 0.817. The Bertz CT molecular complexity index is 430. The monoisotopic (exact) mass is 296 g/mol. The summed E-state index contributed by atoms with van der Waals surface area (Å²) in [5.74, 6) is 1.26. The Labute approximate surface area is 127 Å². The number of nitrogens with two attached hydrogens (primary N) is 1. The summed E-state index contributed by atoms with van der Waals surface area (Å²) in [5.41, 5.74) is 7.18. The molecular weight excluding hydrogens is 272 g/mol. The molecule has 0 saturated heterocycles. The third kappa shape index (κ3) is 4.71. The van der Waals surface area contributed by atoms with E-state index in [-0.39, 0.29) is 18.3 Å². The first kappa shape index (κ1) is 16.8. The molecule has 0 radical (unpaired) electrons. The van der Waals surface area contributed by atoms with Crippen LogP contribution in [0.4, 0.5) is 11.4 Å². The molecule has 0 heterocycles. The fraction of sp³-hybridized carbons (Fsp3) is 0.562. The number of amides is 1. The fourth-order valence-corrected chi connectivity index (χ4v) is 2.97. The maximum Gasteiger partial charge on any atom is 0.224 e. The number of benzene rings is 1. The highest BCUT2D eigenvalue weighted by Crippen LogP contribution is 2.31. The zero-order valence-corrected chi connectivity index (χ0v) is 12.9. The van der Waals surface area contributed by atoms with E-state index >= 15 is 0 Å². The Balaban J connectivity index is 0.00000200. The summed E-state index contributed by atoms with van der Waals surface area (Å²) >= 11 is 0. The minimum absolute atomic E-state index is 0. The van der Waals surface area contributed by atoms with E-state index in [2.05, 4.69) is 12.2 Å². The highest BCUT2D eigenvalue weighted by molar-refractivity contribution is 5.93. The molecule has 0 spiro atoms. The molecule has 3 N–H and O–H groups in total. The third-order valence-electron chi connectivity index (χ3n) is 4.20.